The average Bonchev–Trinajstić information content (AvgIpc) is 2.73. The summed E-state index contributed by atoms with van der Waals surface area (Å²) in [5.41, 5.74) is 3.13. The number of nitrogens with zero attached hydrogens (tertiary/aromatic N) is 1. The molecule has 4 nitrogen and oxygen atoms in total. The molecule has 1 fully saturated rings. The van der Waals surface area contributed by atoms with Crippen LogP contribution in [0.15, 0.2) is 6.07 Å². The minimum Gasteiger partial charge on any atom is -0.383 e. The number of methoxy groups -OCH3 is 1. The molecule has 1 saturated heterocycles. The molecule has 0 amide bonds. The number of quaternary nitrogens is 1. The monoisotopic (exact) mass is 279 g/mol. The smallest absolute Gasteiger partial charge is 0.218 e. The first kappa shape index (κ1) is 15.3. The van der Waals surface area contributed by atoms with Gasteiger partial charge in [0.25, 0.3) is 0 Å². The third kappa shape index (κ3) is 3.49. The highest BCUT2D eigenvalue weighted by Crippen LogP contribution is 2.15. The summed E-state index contributed by atoms with van der Waals surface area (Å²) in [5, 5.41) is 0. The summed E-state index contributed by atoms with van der Waals surface area (Å²) in [7, 11) is 1.71. The highest BCUT2D eigenvalue weighted by molar-refractivity contribution is 5.98. The quantitative estimate of drug-likeness (QED) is 0.789. The molecule has 0 saturated carbocycles. The molecule has 1 aromatic heterocycles. The second-order valence-corrected chi connectivity index (χ2v) is 5.84. The molecule has 1 aliphatic heterocycles. The zero-order valence-corrected chi connectivity index (χ0v) is 13.0. The maximum Gasteiger partial charge on any atom is 0.218 e. The number of hydrogen-bond acceptors (Lipinski definition) is 2. The predicted octanol–water partition coefficient (Wildman–Crippen LogP) is 1.00. The summed E-state index contributed by atoms with van der Waals surface area (Å²) in [5.74, 6) is 0.290. The Bertz CT molecular complexity index is 459. The van der Waals surface area contributed by atoms with Crippen molar-refractivity contribution in [2.75, 3.05) is 33.4 Å². The zero-order valence-electron chi connectivity index (χ0n) is 13.0. The second kappa shape index (κ2) is 7.04. The number of rotatable bonds is 6. The van der Waals surface area contributed by atoms with Crippen LogP contribution in [0.3, 0.4) is 0 Å². The van der Waals surface area contributed by atoms with Crippen molar-refractivity contribution in [2.45, 2.75) is 39.7 Å². The van der Waals surface area contributed by atoms with E-state index >= 15 is 0 Å². The van der Waals surface area contributed by atoms with Crippen LogP contribution in [0.5, 0.6) is 0 Å². The Balaban J connectivity index is 2.05. The van der Waals surface area contributed by atoms with Crippen LogP contribution in [0.4, 0.5) is 0 Å². The number of likely N-dealkylation sites (tertiary alicyclic amines) is 1. The Morgan fingerprint density at radius 3 is 2.65 bits per heavy atom. The number of ketones is 1. The lowest BCUT2D eigenvalue weighted by Crippen LogP contribution is -3.13. The van der Waals surface area contributed by atoms with Crippen LogP contribution >= 0.6 is 0 Å². The summed E-state index contributed by atoms with van der Waals surface area (Å²) >= 11 is 0. The van der Waals surface area contributed by atoms with E-state index in [-0.39, 0.29) is 0 Å². The van der Waals surface area contributed by atoms with Crippen LogP contribution in [0.2, 0.25) is 0 Å². The van der Waals surface area contributed by atoms with E-state index in [1.54, 1.807) is 7.11 Å². The van der Waals surface area contributed by atoms with Crippen molar-refractivity contribution in [3.8, 4) is 0 Å². The first-order valence-electron chi connectivity index (χ1n) is 7.66. The highest BCUT2D eigenvalue weighted by atomic mass is 16.5. The van der Waals surface area contributed by atoms with Gasteiger partial charge in [0, 0.05) is 30.6 Å². The van der Waals surface area contributed by atoms with E-state index in [0.29, 0.717) is 18.9 Å². The van der Waals surface area contributed by atoms with E-state index in [9.17, 15) is 4.79 Å². The minimum absolute atomic E-state index is 0.290. The van der Waals surface area contributed by atoms with Crippen LogP contribution in [0.1, 0.15) is 41.0 Å². The van der Waals surface area contributed by atoms with Crippen molar-refractivity contribution in [1.29, 1.82) is 0 Å². The van der Waals surface area contributed by atoms with Crippen LogP contribution in [0.25, 0.3) is 0 Å². The number of aryl methyl sites for hydroxylation is 1. The Morgan fingerprint density at radius 1 is 1.30 bits per heavy atom. The van der Waals surface area contributed by atoms with Crippen molar-refractivity contribution in [3.63, 3.8) is 0 Å². The molecular weight excluding hydrogens is 252 g/mol. The van der Waals surface area contributed by atoms with Crippen LogP contribution < -0.4 is 4.90 Å². The first-order valence-corrected chi connectivity index (χ1v) is 7.66. The lowest BCUT2D eigenvalue weighted by molar-refractivity contribution is -0.896. The van der Waals surface area contributed by atoms with Gasteiger partial charge < -0.3 is 14.2 Å². The molecule has 0 aromatic carbocycles. The number of carbonyl (C=O) groups excluding carboxylic acids is 1. The molecule has 2 heterocycles. The van der Waals surface area contributed by atoms with Gasteiger partial charge >= 0.3 is 0 Å². The van der Waals surface area contributed by atoms with E-state index in [1.165, 1.54) is 24.2 Å². The van der Waals surface area contributed by atoms with Crippen LogP contribution in [-0.4, -0.2) is 43.7 Å². The van der Waals surface area contributed by atoms with Crippen molar-refractivity contribution < 1.29 is 14.4 Å². The van der Waals surface area contributed by atoms with Crippen molar-refractivity contribution in [1.82, 2.24) is 4.57 Å². The first-order chi connectivity index (χ1) is 9.63. The number of hydrogen-bond donors (Lipinski definition) is 1. The molecule has 0 atom stereocenters. The van der Waals surface area contributed by atoms with Gasteiger partial charge in [-0.15, -0.1) is 0 Å². The highest BCUT2D eigenvalue weighted by Gasteiger charge is 2.21. The Labute approximate surface area is 121 Å². The number of carbonyl (C=O) groups is 1. The molecule has 0 bridgehead atoms. The lowest BCUT2D eigenvalue weighted by atomic mass is 10.1. The molecule has 1 N–H and O–H groups in total. The second-order valence-electron chi connectivity index (χ2n) is 5.84. The molecule has 0 radical (unpaired) electrons. The summed E-state index contributed by atoms with van der Waals surface area (Å²) < 4.78 is 7.32. The lowest BCUT2D eigenvalue weighted by Gasteiger charge is -2.22. The van der Waals surface area contributed by atoms with Gasteiger partial charge in [-0.25, -0.2) is 0 Å². The van der Waals surface area contributed by atoms with E-state index < -0.39 is 0 Å². The molecule has 1 aromatic rings. The molecule has 0 spiro atoms. The topological polar surface area (TPSA) is 35.7 Å². The fourth-order valence-electron chi connectivity index (χ4n) is 3.16. The summed E-state index contributed by atoms with van der Waals surface area (Å²) in [6.45, 7) is 8.55. The van der Waals surface area contributed by atoms with Gasteiger partial charge in [-0.3, -0.25) is 4.79 Å². The van der Waals surface area contributed by atoms with E-state index in [1.807, 2.05) is 13.0 Å². The molecule has 0 unspecified atom stereocenters. The molecule has 20 heavy (non-hydrogen) atoms. The van der Waals surface area contributed by atoms with E-state index in [0.717, 1.165) is 36.6 Å². The zero-order chi connectivity index (χ0) is 14.5. The van der Waals surface area contributed by atoms with Crippen LogP contribution in [0, 0.1) is 13.8 Å². The van der Waals surface area contributed by atoms with Crippen molar-refractivity contribution in [2.24, 2.45) is 0 Å². The van der Waals surface area contributed by atoms with Gasteiger partial charge in [-0.1, -0.05) is 0 Å². The van der Waals surface area contributed by atoms with Gasteiger partial charge in [-0.05, 0) is 39.2 Å². The molecule has 112 valence electrons. The summed E-state index contributed by atoms with van der Waals surface area (Å²) in [6, 6.07) is 2.04. The van der Waals surface area contributed by atoms with Gasteiger partial charge in [0.15, 0.2) is 0 Å². The Kier molecular flexibility index (Phi) is 5.38. The number of aromatic nitrogens is 1. The number of Topliss-reactive ketones (excluding diaryl/α,β-unsaturated/α-hetero) is 1. The van der Waals surface area contributed by atoms with Gasteiger partial charge in [0.05, 0.1) is 19.7 Å². The van der Waals surface area contributed by atoms with Crippen LogP contribution in [-0.2, 0) is 11.3 Å². The number of nitrogens with one attached hydrogen (secondary N) is 1. The van der Waals surface area contributed by atoms with Gasteiger partial charge in [0.2, 0.25) is 5.78 Å². The third-order valence-electron chi connectivity index (χ3n) is 4.36. The molecule has 1 aliphatic rings. The van der Waals surface area contributed by atoms with E-state index in [2.05, 4.69) is 11.5 Å². The molecule has 0 aliphatic carbocycles. The maximum absolute atomic E-state index is 12.5. The molecular formula is C16H27N2O2+. The summed E-state index contributed by atoms with van der Waals surface area (Å²) in [6.07, 6.45) is 3.84. The molecule has 4 heteroatoms. The largest absolute Gasteiger partial charge is 0.383 e. The fraction of sp³-hybridized carbons (Fsp3) is 0.688. The molecule has 2 rings (SSSR count). The van der Waals surface area contributed by atoms with Crippen molar-refractivity contribution in [3.05, 3.63) is 23.0 Å². The third-order valence-corrected chi connectivity index (χ3v) is 4.36. The number of piperidine rings is 1. The Morgan fingerprint density at radius 2 is 2.00 bits per heavy atom. The minimum atomic E-state index is 0.290. The van der Waals surface area contributed by atoms with Gasteiger partial charge in [-0.2, -0.15) is 0 Å². The normalized spacial score (nSPS) is 16.6. The van der Waals surface area contributed by atoms with E-state index in [4.69, 9.17) is 4.74 Å². The fourth-order valence-corrected chi connectivity index (χ4v) is 3.16. The SMILES string of the molecule is COCCn1c(C)cc(C(=O)C[NH+]2CCCCC2)c1C. The van der Waals surface area contributed by atoms with Crippen molar-refractivity contribution >= 4 is 5.78 Å². The predicted molar refractivity (Wildman–Crippen MR) is 79.5 cm³/mol. The average molecular weight is 279 g/mol. The summed E-state index contributed by atoms with van der Waals surface area (Å²) in [4.78, 5) is 14.0. The standard InChI is InChI=1S/C16H26N2O2/c1-13-11-15(14(2)18(13)9-10-20-3)16(19)12-17-7-5-4-6-8-17/h11H,4-10,12H2,1-3H3/p+1. The Hall–Kier alpha value is -1.13. The van der Waals surface area contributed by atoms with Gasteiger partial charge in [0.1, 0.15) is 6.54 Å². The maximum atomic E-state index is 12.5. The number of ether oxygens (including phenoxy) is 1.